The number of para-hydroxylation sites is 1. The van der Waals surface area contributed by atoms with Gasteiger partial charge in [-0.1, -0.05) is 36.4 Å². The van der Waals surface area contributed by atoms with E-state index in [1.54, 1.807) is 48.5 Å². The van der Waals surface area contributed by atoms with E-state index in [-0.39, 0.29) is 17.5 Å². The lowest BCUT2D eigenvalue weighted by atomic mass is 9.98. The first-order valence-corrected chi connectivity index (χ1v) is 8.36. The summed E-state index contributed by atoms with van der Waals surface area (Å²) in [5, 5.41) is 2.97. The van der Waals surface area contributed by atoms with Crippen molar-refractivity contribution < 1.29 is 19.1 Å². The molecule has 0 saturated carbocycles. The van der Waals surface area contributed by atoms with Crippen molar-refractivity contribution in [2.45, 2.75) is 12.5 Å². The van der Waals surface area contributed by atoms with E-state index in [2.05, 4.69) is 5.10 Å². The highest BCUT2D eigenvalue weighted by atomic mass is 16.5. The Morgan fingerprint density at radius 1 is 1.11 bits per heavy atom. The molecule has 136 valence electrons. The number of fused-ring (bicyclic) bond motifs is 1. The van der Waals surface area contributed by atoms with Crippen LogP contribution in [0.4, 0.5) is 0 Å². The molecule has 3 aromatic rings. The zero-order valence-electron chi connectivity index (χ0n) is 14.5. The van der Waals surface area contributed by atoms with Crippen molar-refractivity contribution in [3.8, 4) is 5.69 Å². The Bertz CT molecular complexity index is 1080. The standard InChI is InChI=1S/C20H16N2O5/c1-26-16(23)11-15-17(18-13-9-5-6-10-14(13)20(25)27-18)19(24)22(21-15)12-7-3-2-4-8-12/h2-10,18,21H,11H2,1H3. The number of rotatable bonds is 4. The molecule has 2 aromatic carbocycles. The van der Waals surface area contributed by atoms with Crippen LogP contribution in [0.25, 0.3) is 5.69 Å². The molecular weight excluding hydrogens is 348 g/mol. The molecule has 0 bridgehead atoms. The quantitative estimate of drug-likeness (QED) is 0.717. The zero-order valence-corrected chi connectivity index (χ0v) is 14.5. The number of carbonyl (C=O) groups excluding carboxylic acids is 2. The number of aromatic amines is 1. The number of cyclic esters (lactones) is 1. The summed E-state index contributed by atoms with van der Waals surface area (Å²) < 4.78 is 11.6. The maximum atomic E-state index is 13.2. The molecule has 0 aliphatic carbocycles. The Labute approximate surface area is 154 Å². The SMILES string of the molecule is COC(=O)Cc1[nH]n(-c2ccccc2)c(=O)c1C1OC(=O)c2ccccc21. The molecular formula is C20H16N2O5. The summed E-state index contributed by atoms with van der Waals surface area (Å²) in [6, 6.07) is 15.9. The zero-order chi connectivity index (χ0) is 19.0. The molecule has 0 fully saturated rings. The van der Waals surface area contributed by atoms with Gasteiger partial charge in [-0.15, -0.1) is 0 Å². The highest BCUT2D eigenvalue weighted by molar-refractivity contribution is 5.94. The van der Waals surface area contributed by atoms with E-state index >= 15 is 0 Å². The average Bonchev–Trinajstić information content (AvgIpc) is 3.19. The lowest BCUT2D eigenvalue weighted by molar-refractivity contribution is -0.139. The Balaban J connectivity index is 1.89. The lowest BCUT2D eigenvalue weighted by Gasteiger charge is -2.10. The number of nitrogens with one attached hydrogen (secondary N) is 1. The summed E-state index contributed by atoms with van der Waals surface area (Å²) in [5.41, 5.74) is 1.82. The highest BCUT2D eigenvalue weighted by Crippen LogP contribution is 2.35. The van der Waals surface area contributed by atoms with Crippen LogP contribution in [0.3, 0.4) is 0 Å². The number of carbonyl (C=O) groups is 2. The second-order valence-electron chi connectivity index (χ2n) is 6.11. The van der Waals surface area contributed by atoms with Crippen LogP contribution in [0.1, 0.15) is 33.3 Å². The van der Waals surface area contributed by atoms with Gasteiger partial charge >= 0.3 is 11.9 Å². The number of nitrogens with zero attached hydrogens (tertiary/aromatic N) is 1. The van der Waals surface area contributed by atoms with E-state index in [9.17, 15) is 14.4 Å². The van der Waals surface area contributed by atoms with Gasteiger partial charge in [0, 0.05) is 5.56 Å². The predicted molar refractivity (Wildman–Crippen MR) is 95.8 cm³/mol. The van der Waals surface area contributed by atoms with Crippen molar-refractivity contribution in [3.05, 3.63) is 87.3 Å². The molecule has 0 spiro atoms. The molecule has 1 aliphatic heterocycles. The minimum Gasteiger partial charge on any atom is -0.469 e. The molecule has 1 N–H and O–H groups in total. The predicted octanol–water partition coefficient (Wildman–Crippen LogP) is 2.14. The largest absolute Gasteiger partial charge is 0.469 e. The fourth-order valence-electron chi connectivity index (χ4n) is 3.24. The van der Waals surface area contributed by atoms with E-state index in [1.165, 1.54) is 11.8 Å². The molecule has 0 amide bonds. The van der Waals surface area contributed by atoms with Gasteiger partial charge in [-0.3, -0.25) is 14.7 Å². The third-order valence-corrected chi connectivity index (χ3v) is 4.52. The van der Waals surface area contributed by atoms with Crippen molar-refractivity contribution in [3.63, 3.8) is 0 Å². The van der Waals surface area contributed by atoms with E-state index in [1.807, 2.05) is 6.07 Å². The van der Waals surface area contributed by atoms with Crippen LogP contribution in [0.5, 0.6) is 0 Å². The first-order valence-electron chi connectivity index (χ1n) is 8.36. The third kappa shape index (κ3) is 2.83. The van der Waals surface area contributed by atoms with Crippen molar-refractivity contribution >= 4 is 11.9 Å². The summed E-state index contributed by atoms with van der Waals surface area (Å²) in [6.45, 7) is 0. The van der Waals surface area contributed by atoms with Crippen LogP contribution in [-0.4, -0.2) is 28.8 Å². The van der Waals surface area contributed by atoms with Gasteiger partial charge in [-0.2, -0.15) is 0 Å². The number of ether oxygens (including phenoxy) is 2. The minimum absolute atomic E-state index is 0.142. The minimum atomic E-state index is -0.873. The maximum absolute atomic E-state index is 13.2. The van der Waals surface area contributed by atoms with Crippen LogP contribution < -0.4 is 5.56 Å². The van der Waals surface area contributed by atoms with Gasteiger partial charge in [-0.25, -0.2) is 9.48 Å². The van der Waals surface area contributed by atoms with Crippen molar-refractivity contribution in [2.75, 3.05) is 7.11 Å². The van der Waals surface area contributed by atoms with Gasteiger partial charge in [0.2, 0.25) is 0 Å². The number of benzene rings is 2. The number of aromatic nitrogens is 2. The molecule has 1 aromatic heterocycles. The van der Waals surface area contributed by atoms with Gasteiger partial charge in [0.15, 0.2) is 6.10 Å². The summed E-state index contributed by atoms with van der Waals surface area (Å²) in [4.78, 5) is 37.2. The van der Waals surface area contributed by atoms with Crippen LogP contribution in [0, 0.1) is 0 Å². The fourth-order valence-corrected chi connectivity index (χ4v) is 3.24. The topological polar surface area (TPSA) is 90.4 Å². The maximum Gasteiger partial charge on any atom is 0.339 e. The van der Waals surface area contributed by atoms with Gasteiger partial charge < -0.3 is 9.47 Å². The van der Waals surface area contributed by atoms with E-state index in [0.717, 1.165) is 0 Å². The highest BCUT2D eigenvalue weighted by Gasteiger charge is 2.37. The monoisotopic (exact) mass is 364 g/mol. The number of hydrogen-bond donors (Lipinski definition) is 1. The van der Waals surface area contributed by atoms with Crippen LogP contribution in [0.15, 0.2) is 59.4 Å². The van der Waals surface area contributed by atoms with Crippen molar-refractivity contribution in [2.24, 2.45) is 0 Å². The Morgan fingerprint density at radius 2 is 1.81 bits per heavy atom. The van der Waals surface area contributed by atoms with Crippen molar-refractivity contribution in [1.82, 2.24) is 9.78 Å². The summed E-state index contributed by atoms with van der Waals surface area (Å²) in [5.74, 6) is -0.998. The molecule has 1 atom stereocenters. The van der Waals surface area contributed by atoms with E-state index < -0.39 is 18.0 Å². The molecule has 27 heavy (non-hydrogen) atoms. The third-order valence-electron chi connectivity index (χ3n) is 4.52. The molecule has 1 unspecified atom stereocenters. The van der Waals surface area contributed by atoms with Gasteiger partial charge in [-0.05, 0) is 18.2 Å². The first-order chi connectivity index (χ1) is 13.1. The number of H-pyrrole nitrogens is 1. The second kappa shape index (κ2) is 6.60. The Hall–Kier alpha value is -3.61. The molecule has 0 saturated heterocycles. The lowest BCUT2D eigenvalue weighted by Crippen LogP contribution is -2.20. The molecule has 7 nitrogen and oxygen atoms in total. The van der Waals surface area contributed by atoms with Gasteiger partial charge in [0.05, 0.1) is 36.0 Å². The fraction of sp³-hybridized carbons (Fsp3) is 0.150. The smallest absolute Gasteiger partial charge is 0.339 e. The van der Waals surface area contributed by atoms with Crippen LogP contribution in [-0.2, 0) is 20.7 Å². The number of methoxy groups -OCH3 is 1. The van der Waals surface area contributed by atoms with Gasteiger partial charge in [0.1, 0.15) is 0 Å². The average molecular weight is 364 g/mol. The second-order valence-corrected chi connectivity index (χ2v) is 6.11. The summed E-state index contributed by atoms with van der Waals surface area (Å²) in [7, 11) is 1.28. The number of hydrogen-bond acceptors (Lipinski definition) is 5. The Kier molecular flexibility index (Phi) is 4.12. The van der Waals surface area contributed by atoms with Gasteiger partial charge in [0.25, 0.3) is 5.56 Å². The molecule has 0 radical (unpaired) electrons. The van der Waals surface area contributed by atoms with Crippen molar-refractivity contribution in [1.29, 1.82) is 0 Å². The molecule has 7 heteroatoms. The first kappa shape index (κ1) is 16.8. The number of esters is 2. The molecule has 1 aliphatic rings. The summed E-state index contributed by atoms with van der Waals surface area (Å²) in [6.07, 6.45) is -1.01. The summed E-state index contributed by atoms with van der Waals surface area (Å²) >= 11 is 0. The molecule has 4 rings (SSSR count). The van der Waals surface area contributed by atoms with E-state index in [4.69, 9.17) is 9.47 Å². The molecule has 2 heterocycles. The normalized spacial score (nSPS) is 15.3. The van der Waals surface area contributed by atoms with Crippen LogP contribution >= 0.6 is 0 Å². The van der Waals surface area contributed by atoms with Crippen LogP contribution in [0.2, 0.25) is 0 Å². The Morgan fingerprint density at radius 3 is 2.56 bits per heavy atom. The van der Waals surface area contributed by atoms with E-state index in [0.29, 0.717) is 22.5 Å².